The summed E-state index contributed by atoms with van der Waals surface area (Å²) in [6.45, 7) is 2.92. The lowest BCUT2D eigenvalue weighted by Crippen LogP contribution is -2.25. The zero-order valence-corrected chi connectivity index (χ0v) is 5.57. The van der Waals surface area contributed by atoms with E-state index in [1.807, 2.05) is 0 Å². The average molecular weight is 145 g/mol. The number of hydrogen-bond donors (Lipinski definition) is 2. The van der Waals surface area contributed by atoms with E-state index in [1.165, 1.54) is 0 Å². The predicted molar refractivity (Wildman–Crippen MR) is 38.0 cm³/mol. The summed E-state index contributed by atoms with van der Waals surface area (Å²) in [5, 5.41) is 11.4. The molecular weight excluding hydrogens is 138 g/mol. The smallest absolute Gasteiger partial charge is 0.253 e. The number of carbonyl (C=O) groups is 1. The average Bonchev–Trinajstić information content (AvgIpc) is 1.87. The van der Waals surface area contributed by atoms with Crippen LogP contribution in [-0.2, 0) is 4.79 Å². The van der Waals surface area contributed by atoms with E-state index >= 15 is 0 Å². The van der Waals surface area contributed by atoms with Crippen LogP contribution in [0.1, 0.15) is 0 Å². The van der Waals surface area contributed by atoms with Gasteiger partial charge in [-0.1, -0.05) is 18.8 Å². The van der Waals surface area contributed by atoms with Crippen LogP contribution < -0.4 is 5.32 Å². The van der Waals surface area contributed by atoms with Crippen LogP contribution in [-0.4, -0.2) is 23.1 Å². The normalized spacial score (nSPS) is 8.11. The topological polar surface area (TPSA) is 49.3 Å². The van der Waals surface area contributed by atoms with Gasteiger partial charge < -0.3 is 10.4 Å². The minimum Gasteiger partial charge on any atom is -0.376 e. The first-order valence-corrected chi connectivity index (χ1v) is 2.72. The van der Waals surface area contributed by atoms with Crippen LogP contribution in [0.25, 0.3) is 0 Å². The molecule has 0 aliphatic heterocycles. The highest BCUT2D eigenvalue weighted by molar-refractivity contribution is 7.79. The van der Waals surface area contributed by atoms with Crippen molar-refractivity contribution < 1.29 is 9.90 Å². The molecule has 0 aliphatic carbocycles. The number of carbonyl (C=O) groups excluding carboxylic acids is 1. The molecule has 9 heavy (non-hydrogen) atoms. The highest BCUT2D eigenvalue weighted by Crippen LogP contribution is 1.82. The van der Waals surface area contributed by atoms with Gasteiger partial charge in [0.1, 0.15) is 6.73 Å². The number of amides is 1. The molecule has 0 radical (unpaired) electrons. The molecular formula is C5H7NO2S. The second-order valence-electron chi connectivity index (χ2n) is 1.31. The Labute approximate surface area is 58.4 Å². The minimum atomic E-state index is -0.437. The SMILES string of the molecule is C=C(C=S)C(=O)NCO. The van der Waals surface area contributed by atoms with Crippen molar-refractivity contribution in [1.82, 2.24) is 5.32 Å². The van der Waals surface area contributed by atoms with Crippen LogP contribution in [0.2, 0.25) is 0 Å². The van der Waals surface area contributed by atoms with E-state index in [1.54, 1.807) is 0 Å². The molecule has 0 fully saturated rings. The molecule has 0 aromatic heterocycles. The number of hydrogen-bond acceptors (Lipinski definition) is 3. The van der Waals surface area contributed by atoms with Crippen LogP contribution in [0.3, 0.4) is 0 Å². The monoisotopic (exact) mass is 145 g/mol. The zero-order valence-electron chi connectivity index (χ0n) is 4.76. The van der Waals surface area contributed by atoms with Gasteiger partial charge in [0.2, 0.25) is 0 Å². The zero-order chi connectivity index (χ0) is 7.28. The summed E-state index contributed by atoms with van der Waals surface area (Å²) >= 11 is 4.40. The van der Waals surface area contributed by atoms with Gasteiger partial charge in [-0.25, -0.2) is 0 Å². The summed E-state index contributed by atoms with van der Waals surface area (Å²) in [5.74, 6) is -0.437. The maximum Gasteiger partial charge on any atom is 0.253 e. The molecule has 0 atom stereocenters. The summed E-state index contributed by atoms with van der Waals surface area (Å²) in [5.41, 5.74) is 0.180. The third-order valence-corrected chi connectivity index (χ3v) is 0.958. The maximum absolute atomic E-state index is 10.5. The van der Waals surface area contributed by atoms with Crippen LogP contribution in [0, 0.1) is 0 Å². The van der Waals surface area contributed by atoms with Gasteiger partial charge in [-0.15, -0.1) is 0 Å². The van der Waals surface area contributed by atoms with Gasteiger partial charge in [-0.2, -0.15) is 0 Å². The van der Waals surface area contributed by atoms with E-state index in [4.69, 9.17) is 5.11 Å². The highest BCUT2D eigenvalue weighted by Gasteiger charge is 1.99. The molecule has 0 saturated heterocycles. The Morgan fingerprint density at radius 2 is 2.44 bits per heavy atom. The lowest BCUT2D eigenvalue weighted by molar-refractivity contribution is -0.117. The first-order chi connectivity index (χ1) is 4.22. The molecule has 0 saturated carbocycles. The van der Waals surface area contributed by atoms with Crippen molar-refractivity contribution in [2.24, 2.45) is 0 Å². The van der Waals surface area contributed by atoms with Gasteiger partial charge >= 0.3 is 0 Å². The molecule has 0 unspecified atom stereocenters. The molecule has 0 heterocycles. The van der Waals surface area contributed by atoms with Gasteiger partial charge in [0.15, 0.2) is 0 Å². The summed E-state index contributed by atoms with van der Waals surface area (Å²) < 4.78 is 0. The van der Waals surface area contributed by atoms with Gasteiger partial charge in [-0.3, -0.25) is 4.79 Å². The number of aliphatic hydroxyl groups excluding tert-OH is 1. The summed E-state index contributed by atoms with van der Waals surface area (Å²) in [4.78, 5) is 10.5. The molecule has 0 aromatic carbocycles. The van der Waals surface area contributed by atoms with Gasteiger partial charge in [0, 0.05) is 10.9 Å². The minimum absolute atomic E-state index is 0.180. The Morgan fingerprint density at radius 1 is 1.89 bits per heavy atom. The number of aliphatic hydroxyl groups is 1. The number of thiocarbonyl (C=S) groups is 1. The van der Waals surface area contributed by atoms with Gasteiger partial charge in [-0.05, 0) is 0 Å². The van der Waals surface area contributed by atoms with E-state index in [0.717, 1.165) is 5.37 Å². The van der Waals surface area contributed by atoms with E-state index in [2.05, 4.69) is 24.1 Å². The van der Waals surface area contributed by atoms with Crippen molar-refractivity contribution in [3.05, 3.63) is 12.2 Å². The lowest BCUT2D eigenvalue weighted by Gasteiger charge is -1.96. The van der Waals surface area contributed by atoms with E-state index < -0.39 is 5.91 Å². The second-order valence-corrected chi connectivity index (χ2v) is 1.54. The van der Waals surface area contributed by atoms with E-state index in [0.29, 0.717) is 0 Å². The quantitative estimate of drug-likeness (QED) is 0.323. The van der Waals surface area contributed by atoms with E-state index in [-0.39, 0.29) is 12.3 Å². The van der Waals surface area contributed by atoms with Gasteiger partial charge in [0.05, 0.1) is 0 Å². The second kappa shape index (κ2) is 4.17. The summed E-state index contributed by atoms with van der Waals surface area (Å²) in [6.07, 6.45) is 0. The molecule has 0 bridgehead atoms. The molecule has 0 aliphatic rings. The first-order valence-electron chi connectivity index (χ1n) is 2.25. The van der Waals surface area contributed by atoms with Crippen LogP contribution >= 0.6 is 12.2 Å². The Balaban J connectivity index is 3.73. The van der Waals surface area contributed by atoms with Crippen LogP contribution in [0.5, 0.6) is 0 Å². The molecule has 2 N–H and O–H groups in total. The standard InChI is InChI=1S/C5H7NO2S/c1-4(2-9)5(8)6-3-7/h2,7H,1,3H2,(H,6,8). The first kappa shape index (κ1) is 8.26. The summed E-state index contributed by atoms with van der Waals surface area (Å²) in [7, 11) is 0. The van der Waals surface area contributed by atoms with Crippen molar-refractivity contribution in [2.75, 3.05) is 6.73 Å². The Hall–Kier alpha value is -0.740. The molecule has 50 valence electrons. The van der Waals surface area contributed by atoms with Crippen molar-refractivity contribution >= 4 is 23.5 Å². The van der Waals surface area contributed by atoms with Crippen LogP contribution in [0.15, 0.2) is 12.2 Å². The van der Waals surface area contributed by atoms with Crippen molar-refractivity contribution in [3.63, 3.8) is 0 Å². The molecule has 1 amide bonds. The third-order valence-electron chi connectivity index (χ3n) is 0.674. The summed E-state index contributed by atoms with van der Waals surface area (Å²) in [6, 6.07) is 0. The predicted octanol–water partition coefficient (Wildman–Crippen LogP) is -0.392. The largest absolute Gasteiger partial charge is 0.376 e. The van der Waals surface area contributed by atoms with Crippen molar-refractivity contribution in [1.29, 1.82) is 0 Å². The molecule has 0 spiro atoms. The lowest BCUT2D eigenvalue weighted by atomic mass is 10.3. The van der Waals surface area contributed by atoms with Gasteiger partial charge in [0.25, 0.3) is 5.91 Å². The number of nitrogens with one attached hydrogen (secondary N) is 1. The highest BCUT2D eigenvalue weighted by atomic mass is 32.1. The fourth-order valence-electron chi connectivity index (χ4n) is 0.239. The Bertz CT molecular complexity index is 144. The Kier molecular flexibility index (Phi) is 3.83. The van der Waals surface area contributed by atoms with Crippen molar-refractivity contribution in [3.8, 4) is 0 Å². The molecule has 0 aromatic rings. The third kappa shape index (κ3) is 2.94. The maximum atomic E-state index is 10.5. The molecule has 3 nitrogen and oxygen atoms in total. The molecule has 0 rings (SSSR count). The van der Waals surface area contributed by atoms with Crippen LogP contribution in [0.4, 0.5) is 0 Å². The number of rotatable bonds is 3. The van der Waals surface area contributed by atoms with E-state index in [9.17, 15) is 4.79 Å². The fourth-order valence-corrected chi connectivity index (χ4v) is 0.346. The van der Waals surface area contributed by atoms with Crippen molar-refractivity contribution in [2.45, 2.75) is 0 Å². The molecule has 4 heteroatoms. The Morgan fingerprint density at radius 3 is 2.78 bits per heavy atom. The fraction of sp³-hybridized carbons (Fsp3) is 0.200.